The number of hydrogen-bond acceptors (Lipinski definition) is 14. The molecule has 2 saturated heterocycles. The van der Waals surface area contributed by atoms with Gasteiger partial charge >= 0.3 is 30.5 Å². The molecule has 2 aliphatic rings. The second-order valence-electron chi connectivity index (χ2n) is 24.8. The van der Waals surface area contributed by atoms with Gasteiger partial charge in [0.05, 0.1) is 22.4 Å². The van der Waals surface area contributed by atoms with Crippen LogP contribution in [0.5, 0.6) is 0 Å². The number of amides is 2. The number of nitrogens with two attached hydrogens (primary N) is 1. The number of hydrogen-bond donors (Lipinski definition) is 3. The van der Waals surface area contributed by atoms with E-state index in [4.69, 9.17) is 24.6 Å². The smallest absolute Gasteiger partial charge is 0.415 e. The number of nitrogens with zero attached hydrogens (tertiary/aromatic N) is 9. The number of oxime groups is 1. The number of carbonyl (C=O) groups is 3. The van der Waals surface area contributed by atoms with Gasteiger partial charge in [0.25, 0.3) is 0 Å². The minimum absolute atomic E-state index is 0.0201. The zero-order chi connectivity index (χ0) is 63.5. The standard InChI is InChI=1S/C63H76F6N12O7/c1-39(45-22-23-50-47(55(45)72-42-26-30-77(9)31-27-42)34-52(81(50)38-63(67,68)69)57-73-53(87-75-57)35-78(43-14-11-10-12-15-43)58(83)85-60(2,3)4)32-40-18-20-44(21-19-40)79(59(84)86-61(5,6)7)36-54(82)88-74-56(70)51-33-46-48(71-41-24-28-76(8)29-25-41)16-13-17-49(46)80(51)37-62(64,65)66/h10-23,33-34,39,41-42,71-72H,24-32,35-38H2,1-9H3,(H2,70,74). The van der Waals surface area contributed by atoms with Gasteiger partial charge in [-0.15, -0.1) is 0 Å². The van der Waals surface area contributed by atoms with E-state index in [-0.39, 0.29) is 64.4 Å². The monoisotopic (exact) mass is 1230 g/mol. The number of likely N-dealkylation sites (tertiary alicyclic amines) is 2. The van der Waals surface area contributed by atoms with Gasteiger partial charge in [0, 0.05) is 45.6 Å². The number of para-hydroxylation sites is 1. The van der Waals surface area contributed by atoms with Crippen LogP contribution in [0.2, 0.25) is 0 Å². The lowest BCUT2D eigenvalue weighted by Crippen LogP contribution is -2.40. The molecule has 1 atom stereocenters. The van der Waals surface area contributed by atoms with E-state index < -0.39 is 67.2 Å². The molecule has 0 bridgehead atoms. The Labute approximate surface area is 506 Å². The van der Waals surface area contributed by atoms with Crippen molar-refractivity contribution in [1.29, 1.82) is 0 Å². The molecule has 19 nitrogen and oxygen atoms in total. The Morgan fingerprint density at radius 1 is 0.705 bits per heavy atom. The number of anilines is 4. The number of aromatic nitrogens is 4. The lowest BCUT2D eigenvalue weighted by molar-refractivity contribution is -0.142. The fourth-order valence-corrected chi connectivity index (χ4v) is 11.1. The highest BCUT2D eigenvalue weighted by Gasteiger charge is 2.35. The van der Waals surface area contributed by atoms with Crippen molar-refractivity contribution in [3.63, 3.8) is 0 Å². The number of alkyl halides is 6. The minimum atomic E-state index is -4.66. The normalized spacial score (nSPS) is 15.8. The Morgan fingerprint density at radius 3 is 1.88 bits per heavy atom. The van der Waals surface area contributed by atoms with E-state index >= 15 is 0 Å². The van der Waals surface area contributed by atoms with Crippen molar-refractivity contribution < 1.29 is 59.6 Å². The van der Waals surface area contributed by atoms with Crippen LogP contribution in [-0.4, -0.2) is 136 Å². The predicted octanol–water partition coefficient (Wildman–Crippen LogP) is 12.7. The number of nitrogens with one attached hydrogen (secondary N) is 2. The van der Waals surface area contributed by atoms with Gasteiger partial charge in [-0.1, -0.05) is 59.7 Å². The van der Waals surface area contributed by atoms with Crippen molar-refractivity contribution in [2.45, 2.75) is 142 Å². The molecule has 0 aliphatic carbocycles. The summed E-state index contributed by atoms with van der Waals surface area (Å²) in [6.07, 6.45) is -7.26. The van der Waals surface area contributed by atoms with Crippen molar-refractivity contribution in [3.05, 3.63) is 120 Å². The van der Waals surface area contributed by atoms with Gasteiger partial charge in [-0.25, -0.2) is 14.4 Å². The minimum Gasteiger partial charge on any atom is -0.443 e. The van der Waals surface area contributed by atoms with E-state index in [0.29, 0.717) is 34.3 Å². The third-order valence-corrected chi connectivity index (χ3v) is 15.3. The van der Waals surface area contributed by atoms with Crippen LogP contribution in [0.15, 0.2) is 107 Å². The predicted molar refractivity (Wildman–Crippen MR) is 325 cm³/mol. The molecule has 7 aromatic rings. The van der Waals surface area contributed by atoms with Gasteiger partial charge in [-0.05, 0) is 186 Å². The van der Waals surface area contributed by atoms with Crippen LogP contribution < -0.4 is 26.2 Å². The largest absolute Gasteiger partial charge is 0.443 e. The molecule has 0 spiro atoms. The van der Waals surface area contributed by atoms with Gasteiger partial charge in [-0.3, -0.25) is 9.80 Å². The van der Waals surface area contributed by atoms with Crippen LogP contribution in [0.3, 0.4) is 0 Å². The summed E-state index contributed by atoms with van der Waals surface area (Å²) in [6, 6.07) is 27.1. The molecule has 0 saturated carbocycles. The van der Waals surface area contributed by atoms with Crippen LogP contribution in [0.4, 0.5) is 58.7 Å². The number of rotatable bonds is 18. The second kappa shape index (κ2) is 26.2. The van der Waals surface area contributed by atoms with E-state index in [1.54, 1.807) is 126 Å². The third-order valence-electron chi connectivity index (χ3n) is 15.3. The first-order valence-electron chi connectivity index (χ1n) is 29.3. The van der Waals surface area contributed by atoms with Crippen LogP contribution in [0.25, 0.3) is 33.3 Å². The van der Waals surface area contributed by atoms with Crippen molar-refractivity contribution in [1.82, 2.24) is 29.1 Å². The molecular formula is C63H76F6N12O7. The number of benzene rings is 4. The summed E-state index contributed by atoms with van der Waals surface area (Å²) in [4.78, 5) is 57.6. The molecule has 4 aromatic carbocycles. The molecule has 3 aromatic heterocycles. The maximum Gasteiger partial charge on any atom is 0.415 e. The van der Waals surface area contributed by atoms with Crippen molar-refractivity contribution in [2.24, 2.45) is 10.9 Å². The van der Waals surface area contributed by atoms with Gasteiger partial charge < -0.3 is 54.1 Å². The van der Waals surface area contributed by atoms with Crippen molar-refractivity contribution in [3.8, 4) is 11.5 Å². The van der Waals surface area contributed by atoms with Crippen LogP contribution in [0.1, 0.15) is 103 Å². The molecule has 1 unspecified atom stereocenters. The summed E-state index contributed by atoms with van der Waals surface area (Å²) in [5.41, 5.74) is 8.51. The van der Waals surface area contributed by atoms with E-state index in [1.165, 1.54) is 11.0 Å². The first-order valence-corrected chi connectivity index (χ1v) is 29.3. The quantitative estimate of drug-likeness (QED) is 0.0241. The molecule has 25 heteroatoms. The first-order chi connectivity index (χ1) is 41.4. The molecule has 472 valence electrons. The van der Waals surface area contributed by atoms with Crippen molar-refractivity contribution >= 4 is 68.5 Å². The van der Waals surface area contributed by atoms with Gasteiger partial charge in [-0.2, -0.15) is 31.3 Å². The number of amidine groups is 1. The summed E-state index contributed by atoms with van der Waals surface area (Å²) in [7, 11) is 4.07. The lowest BCUT2D eigenvalue weighted by Gasteiger charge is -2.31. The number of ether oxygens (including phenoxy) is 2. The Morgan fingerprint density at radius 2 is 1.27 bits per heavy atom. The Balaban J connectivity index is 0.981. The van der Waals surface area contributed by atoms with Crippen LogP contribution in [0, 0.1) is 0 Å². The molecular weight excluding hydrogens is 1150 g/mol. The first kappa shape index (κ1) is 64.2. The average molecular weight is 1230 g/mol. The third kappa shape index (κ3) is 16.4. The van der Waals surface area contributed by atoms with E-state index in [0.717, 1.165) is 77.0 Å². The highest BCUT2D eigenvalue weighted by Crippen LogP contribution is 2.41. The molecule has 9 rings (SSSR count). The number of piperidine rings is 2. The Hall–Kier alpha value is -8.32. The number of carbonyl (C=O) groups excluding carboxylic acids is 3. The number of halogens is 6. The SMILES string of the molecule is CC(Cc1ccc(N(CC(=O)O/N=C(\N)c2cc3c(NC4CCN(C)CC4)cccc3n2CC(F)(F)F)C(=O)OC(C)(C)C)cc1)c1ccc2c(cc(-c3noc(CN(C(=O)OC(C)(C)C)c4ccccc4)n3)n2CC(F)(F)F)c1NC1CCN(C)CC1. The summed E-state index contributed by atoms with van der Waals surface area (Å²) in [5.74, 6) is -2.00. The van der Waals surface area contributed by atoms with Crippen molar-refractivity contribution in [2.75, 3.05) is 67.3 Å². The average Bonchev–Trinajstić information content (AvgIpc) is 1.71. The highest BCUT2D eigenvalue weighted by molar-refractivity contribution is 6.04. The van der Waals surface area contributed by atoms with Crippen LogP contribution in [-0.2, 0) is 45.2 Å². The molecule has 5 heterocycles. The topological polar surface area (TPSA) is 203 Å². The zero-order valence-electron chi connectivity index (χ0n) is 50.9. The molecule has 2 fully saturated rings. The van der Waals surface area contributed by atoms with Gasteiger partial charge in [0.2, 0.25) is 11.7 Å². The maximum absolute atomic E-state index is 14.7. The molecule has 2 aliphatic heterocycles. The zero-order valence-corrected chi connectivity index (χ0v) is 50.9. The van der Waals surface area contributed by atoms with E-state index in [1.807, 2.05) is 27.1 Å². The molecule has 88 heavy (non-hydrogen) atoms. The number of fused-ring (bicyclic) bond motifs is 2. The molecule has 0 radical (unpaired) electrons. The molecule has 4 N–H and O–H groups in total. The summed E-state index contributed by atoms with van der Waals surface area (Å²) < 4.78 is 106. The molecule has 2 amide bonds. The second-order valence-corrected chi connectivity index (χ2v) is 24.8. The Kier molecular flexibility index (Phi) is 19.1. The fraction of sp³-hybridized carbons (Fsp3) is 0.460. The van der Waals surface area contributed by atoms with Crippen LogP contribution >= 0.6 is 0 Å². The maximum atomic E-state index is 14.7. The fourth-order valence-electron chi connectivity index (χ4n) is 11.1. The summed E-state index contributed by atoms with van der Waals surface area (Å²) in [6.45, 7) is 11.7. The Bertz CT molecular complexity index is 3610. The van der Waals surface area contributed by atoms with Gasteiger partial charge in [0.15, 0.2) is 5.84 Å². The van der Waals surface area contributed by atoms with Gasteiger partial charge in [0.1, 0.15) is 37.4 Å². The highest BCUT2D eigenvalue weighted by atomic mass is 19.4. The summed E-state index contributed by atoms with van der Waals surface area (Å²) >= 11 is 0. The van der Waals surface area contributed by atoms with E-state index in [2.05, 4.69) is 35.7 Å². The summed E-state index contributed by atoms with van der Waals surface area (Å²) in [5, 5.41) is 16.2. The van der Waals surface area contributed by atoms with E-state index in [9.17, 15) is 40.7 Å². The lowest BCUT2D eigenvalue weighted by atomic mass is 9.90.